The lowest BCUT2D eigenvalue weighted by molar-refractivity contribution is -0.137. The molecule has 34 heavy (non-hydrogen) atoms. The molecule has 13 heteroatoms. The fourth-order valence-corrected chi connectivity index (χ4v) is 4.18. The predicted octanol–water partition coefficient (Wildman–Crippen LogP) is 3.62. The number of H-pyrrole nitrogens is 1. The van der Waals surface area contributed by atoms with E-state index in [9.17, 15) is 18.0 Å². The second-order valence-corrected chi connectivity index (χ2v) is 8.39. The maximum Gasteiger partial charge on any atom is 0.417 e. The average Bonchev–Trinajstić information content (AvgIpc) is 3.54. The first-order valence-electron chi connectivity index (χ1n) is 10.3. The molecule has 2 atom stereocenters. The number of benzene rings is 2. The Bertz CT molecular complexity index is 1380. The number of carbonyl (C=O) groups is 1. The number of nitrogen functional groups attached to an aromatic ring is 1. The fourth-order valence-electron chi connectivity index (χ4n) is 3.96. The normalized spacial score (nSPS) is 18.5. The molecule has 5 N–H and O–H groups in total. The fraction of sp³-hybridized carbons (Fsp3) is 0.238. The van der Waals surface area contributed by atoms with E-state index in [2.05, 4.69) is 31.1 Å². The number of anilines is 2. The minimum absolute atomic E-state index is 0.0184. The van der Waals surface area contributed by atoms with Crippen LogP contribution in [0.1, 0.15) is 18.0 Å². The molecule has 0 spiro atoms. The molecule has 5 rings (SSSR count). The molecule has 0 saturated carbocycles. The highest BCUT2D eigenvalue weighted by Gasteiger charge is 2.34. The number of hydrogen-bond acceptors (Lipinski definition) is 6. The largest absolute Gasteiger partial charge is 0.417 e. The van der Waals surface area contributed by atoms with Gasteiger partial charge in [-0.1, -0.05) is 22.9 Å². The smallest absolute Gasteiger partial charge is 0.382 e. The lowest BCUT2D eigenvalue weighted by Gasteiger charge is -2.14. The van der Waals surface area contributed by atoms with Gasteiger partial charge in [-0.2, -0.15) is 18.3 Å². The molecule has 1 aliphatic rings. The molecule has 1 saturated heterocycles. The highest BCUT2D eigenvalue weighted by molar-refractivity contribution is 6.31. The van der Waals surface area contributed by atoms with Crippen molar-refractivity contribution in [3.63, 3.8) is 0 Å². The van der Waals surface area contributed by atoms with Crippen molar-refractivity contribution in [2.75, 3.05) is 17.6 Å². The van der Waals surface area contributed by atoms with Crippen LogP contribution in [0.2, 0.25) is 5.02 Å². The maximum atomic E-state index is 13.1. The molecule has 1 aliphatic heterocycles. The molecule has 2 unspecified atom stereocenters. The van der Waals surface area contributed by atoms with Gasteiger partial charge in [-0.3, -0.25) is 9.89 Å². The summed E-state index contributed by atoms with van der Waals surface area (Å²) in [5.41, 5.74) is 7.06. The molecule has 0 aliphatic carbocycles. The van der Waals surface area contributed by atoms with Crippen molar-refractivity contribution in [1.82, 2.24) is 30.5 Å². The van der Waals surface area contributed by atoms with Crippen molar-refractivity contribution in [3.05, 3.63) is 53.2 Å². The van der Waals surface area contributed by atoms with Gasteiger partial charge in [-0.15, -0.1) is 5.10 Å². The number of fused-ring (bicyclic) bond motifs is 1. The third-order valence-corrected chi connectivity index (χ3v) is 6.07. The van der Waals surface area contributed by atoms with Gasteiger partial charge in [0.15, 0.2) is 5.82 Å². The van der Waals surface area contributed by atoms with Crippen molar-refractivity contribution < 1.29 is 18.0 Å². The van der Waals surface area contributed by atoms with Crippen LogP contribution in [0.25, 0.3) is 22.2 Å². The topological polar surface area (TPSA) is 127 Å². The molecule has 2 aromatic heterocycles. The number of amides is 1. The molecule has 9 nitrogen and oxygen atoms in total. The van der Waals surface area contributed by atoms with Gasteiger partial charge in [-0.05, 0) is 36.8 Å². The number of hydrogen-bond donors (Lipinski definition) is 4. The van der Waals surface area contributed by atoms with Crippen LogP contribution in [-0.2, 0) is 11.0 Å². The zero-order chi connectivity index (χ0) is 24.0. The molecule has 176 valence electrons. The summed E-state index contributed by atoms with van der Waals surface area (Å²) in [7, 11) is 0. The zero-order valence-electron chi connectivity index (χ0n) is 17.4. The van der Waals surface area contributed by atoms with Crippen molar-refractivity contribution >= 4 is 39.9 Å². The minimum atomic E-state index is -4.62. The quantitative estimate of drug-likeness (QED) is 0.346. The average molecular weight is 491 g/mol. The SMILES string of the molecule is Nc1n[nH]c2cc(-c3cn(C4CNC(C(=O)Nc5ccc(Cl)c(C(F)(F)F)c5)C4)nn3)ccc12. The Morgan fingerprint density at radius 2 is 2.06 bits per heavy atom. The standard InChI is InChI=1S/C21H18ClF3N8O/c22-15-4-2-11(6-14(15)21(23,24)25)28-20(34)17-7-12(8-27-17)33-9-18(30-32-33)10-1-3-13-16(5-10)29-31-19(13)26/h1-6,9,12,17,27H,7-8H2,(H,28,34)(H3,26,29,31). The number of aromatic nitrogens is 5. The van der Waals surface area contributed by atoms with Gasteiger partial charge in [0.05, 0.1) is 34.4 Å². The third-order valence-electron chi connectivity index (χ3n) is 5.74. The molecule has 2 aromatic carbocycles. The van der Waals surface area contributed by atoms with E-state index in [1.807, 2.05) is 18.2 Å². The molecule has 4 aromatic rings. The Morgan fingerprint density at radius 1 is 1.24 bits per heavy atom. The maximum absolute atomic E-state index is 13.1. The number of nitrogens with two attached hydrogens (primary N) is 1. The van der Waals surface area contributed by atoms with E-state index in [-0.39, 0.29) is 11.7 Å². The second kappa shape index (κ2) is 8.29. The summed E-state index contributed by atoms with van der Waals surface area (Å²) >= 11 is 5.64. The van der Waals surface area contributed by atoms with Crippen LogP contribution in [0.4, 0.5) is 24.7 Å². The minimum Gasteiger partial charge on any atom is -0.382 e. The van der Waals surface area contributed by atoms with Crippen LogP contribution in [0.3, 0.4) is 0 Å². The molecular weight excluding hydrogens is 473 g/mol. The van der Waals surface area contributed by atoms with Gasteiger partial charge in [0.25, 0.3) is 0 Å². The first-order valence-corrected chi connectivity index (χ1v) is 10.6. The predicted molar refractivity (Wildman–Crippen MR) is 120 cm³/mol. The zero-order valence-corrected chi connectivity index (χ0v) is 18.2. The summed E-state index contributed by atoms with van der Waals surface area (Å²) in [6.45, 7) is 0.450. The lowest BCUT2D eigenvalue weighted by atomic mass is 10.1. The molecule has 1 amide bonds. The van der Waals surface area contributed by atoms with E-state index < -0.39 is 28.7 Å². The van der Waals surface area contributed by atoms with E-state index in [4.69, 9.17) is 17.3 Å². The van der Waals surface area contributed by atoms with E-state index in [0.29, 0.717) is 24.5 Å². The summed E-state index contributed by atoms with van der Waals surface area (Å²) in [4.78, 5) is 12.6. The van der Waals surface area contributed by atoms with Crippen molar-refractivity contribution in [2.45, 2.75) is 24.7 Å². The van der Waals surface area contributed by atoms with Crippen LogP contribution in [0.5, 0.6) is 0 Å². The molecule has 3 heterocycles. The Kier molecular flexibility index (Phi) is 5.41. The number of aromatic amines is 1. The summed E-state index contributed by atoms with van der Waals surface area (Å²) in [6, 6.07) is 8.09. The monoisotopic (exact) mass is 490 g/mol. The summed E-state index contributed by atoms with van der Waals surface area (Å²) in [6.07, 6.45) is -2.44. The summed E-state index contributed by atoms with van der Waals surface area (Å²) in [5, 5.41) is 21.2. The van der Waals surface area contributed by atoms with Crippen molar-refractivity contribution in [1.29, 1.82) is 0 Å². The number of halogens is 4. The third kappa shape index (κ3) is 4.17. The van der Waals surface area contributed by atoms with Gasteiger partial charge in [-0.25, -0.2) is 4.68 Å². The molecule has 0 radical (unpaired) electrons. The Labute approximate surface area is 195 Å². The molecule has 1 fully saturated rings. The number of nitrogens with zero attached hydrogens (tertiary/aromatic N) is 4. The number of alkyl halides is 3. The first kappa shape index (κ1) is 22.2. The Morgan fingerprint density at radius 3 is 2.85 bits per heavy atom. The van der Waals surface area contributed by atoms with Crippen LogP contribution < -0.4 is 16.4 Å². The number of carbonyl (C=O) groups excluding carboxylic acids is 1. The highest BCUT2D eigenvalue weighted by Crippen LogP contribution is 2.36. The number of nitrogens with one attached hydrogen (secondary N) is 3. The van der Waals surface area contributed by atoms with Crippen LogP contribution >= 0.6 is 11.6 Å². The first-order chi connectivity index (χ1) is 16.2. The second-order valence-electron chi connectivity index (χ2n) is 7.98. The highest BCUT2D eigenvalue weighted by atomic mass is 35.5. The van der Waals surface area contributed by atoms with Crippen molar-refractivity contribution in [2.24, 2.45) is 0 Å². The van der Waals surface area contributed by atoms with Crippen LogP contribution in [0.15, 0.2) is 42.6 Å². The Balaban J connectivity index is 1.26. The molecule has 0 bridgehead atoms. The molecular formula is C21H18ClF3N8O. The van der Waals surface area contributed by atoms with E-state index in [1.54, 1.807) is 10.9 Å². The number of rotatable bonds is 4. The van der Waals surface area contributed by atoms with Crippen molar-refractivity contribution in [3.8, 4) is 11.3 Å². The summed E-state index contributed by atoms with van der Waals surface area (Å²) in [5.74, 6) is -0.0274. The van der Waals surface area contributed by atoms with Crippen LogP contribution in [0, 0.1) is 0 Å². The van der Waals surface area contributed by atoms with Gasteiger partial charge in [0.2, 0.25) is 5.91 Å². The van der Waals surface area contributed by atoms with Gasteiger partial charge in [0.1, 0.15) is 5.69 Å². The van der Waals surface area contributed by atoms with E-state index in [0.717, 1.165) is 28.6 Å². The van der Waals surface area contributed by atoms with Crippen LogP contribution in [-0.4, -0.2) is 43.7 Å². The Hall–Kier alpha value is -3.64. The van der Waals surface area contributed by atoms with Gasteiger partial charge in [0, 0.05) is 23.2 Å². The van der Waals surface area contributed by atoms with E-state index >= 15 is 0 Å². The van der Waals surface area contributed by atoms with Gasteiger partial charge >= 0.3 is 6.18 Å². The lowest BCUT2D eigenvalue weighted by Crippen LogP contribution is -2.35. The summed E-state index contributed by atoms with van der Waals surface area (Å²) < 4.78 is 40.9. The van der Waals surface area contributed by atoms with E-state index in [1.165, 1.54) is 6.07 Å². The van der Waals surface area contributed by atoms with Gasteiger partial charge < -0.3 is 16.4 Å².